The Balaban J connectivity index is 1.78. The maximum atomic E-state index is 12.3. The lowest BCUT2D eigenvalue weighted by atomic mass is 10.0. The van der Waals surface area contributed by atoms with Crippen LogP contribution in [-0.4, -0.2) is 35.3 Å². The Morgan fingerprint density at radius 3 is 2.55 bits per heavy atom. The molecule has 22 heavy (non-hydrogen) atoms. The summed E-state index contributed by atoms with van der Waals surface area (Å²) in [4.78, 5) is 26.0. The number of carbonyl (C=O) groups excluding carboxylic acids is 2. The second kappa shape index (κ2) is 7.43. The van der Waals surface area contributed by atoms with Crippen LogP contribution in [0.4, 0.5) is 0 Å². The fourth-order valence-electron chi connectivity index (χ4n) is 2.87. The van der Waals surface area contributed by atoms with Gasteiger partial charge < -0.3 is 10.2 Å². The Bertz CT molecular complexity index is 513. The number of nitrogens with one attached hydrogen (secondary N) is 1. The van der Waals surface area contributed by atoms with E-state index >= 15 is 0 Å². The van der Waals surface area contributed by atoms with Crippen molar-refractivity contribution in [3.8, 4) is 0 Å². The number of likely N-dealkylation sites (tertiary alicyclic amines) is 1. The van der Waals surface area contributed by atoms with Gasteiger partial charge in [-0.25, -0.2) is 0 Å². The Kier molecular flexibility index (Phi) is 5.58. The second-order valence-corrected chi connectivity index (χ2v) is 6.47. The summed E-state index contributed by atoms with van der Waals surface area (Å²) < 4.78 is 0. The molecule has 1 aromatic carbocycles. The van der Waals surface area contributed by atoms with Gasteiger partial charge in [0.25, 0.3) is 0 Å². The zero-order chi connectivity index (χ0) is 16.1. The highest BCUT2D eigenvalue weighted by atomic mass is 16.2. The maximum absolute atomic E-state index is 12.3. The lowest BCUT2D eigenvalue weighted by Gasteiger charge is -2.21. The summed E-state index contributed by atoms with van der Waals surface area (Å²) >= 11 is 0. The number of benzene rings is 1. The van der Waals surface area contributed by atoms with Gasteiger partial charge >= 0.3 is 0 Å². The Hall–Kier alpha value is -1.84. The first kappa shape index (κ1) is 16.5. The number of nitrogens with zero attached hydrogens (tertiary/aromatic N) is 1. The van der Waals surface area contributed by atoms with E-state index in [0.717, 1.165) is 12.8 Å². The molecule has 120 valence electrons. The zero-order valence-corrected chi connectivity index (χ0v) is 13.7. The topological polar surface area (TPSA) is 49.4 Å². The lowest BCUT2D eigenvalue weighted by molar-refractivity contribution is -0.130. The van der Waals surface area contributed by atoms with Crippen LogP contribution in [-0.2, 0) is 16.0 Å². The fourth-order valence-corrected chi connectivity index (χ4v) is 2.87. The molecule has 0 spiro atoms. The number of hydrogen-bond acceptors (Lipinski definition) is 2. The van der Waals surface area contributed by atoms with E-state index < -0.39 is 0 Å². The van der Waals surface area contributed by atoms with Gasteiger partial charge in [0.15, 0.2) is 0 Å². The molecule has 2 atom stereocenters. The van der Waals surface area contributed by atoms with Crippen molar-refractivity contribution in [2.75, 3.05) is 6.54 Å². The monoisotopic (exact) mass is 302 g/mol. The van der Waals surface area contributed by atoms with Crippen LogP contribution in [0.25, 0.3) is 0 Å². The summed E-state index contributed by atoms with van der Waals surface area (Å²) in [5, 5.41) is 3.05. The molecule has 2 rings (SSSR count). The van der Waals surface area contributed by atoms with Gasteiger partial charge in [-0.2, -0.15) is 0 Å². The predicted molar refractivity (Wildman–Crippen MR) is 87.3 cm³/mol. The lowest BCUT2D eigenvalue weighted by Crippen LogP contribution is -2.39. The van der Waals surface area contributed by atoms with Crippen molar-refractivity contribution in [2.45, 2.75) is 52.1 Å². The third-order valence-corrected chi connectivity index (χ3v) is 4.25. The molecular weight excluding hydrogens is 276 g/mol. The van der Waals surface area contributed by atoms with Crippen molar-refractivity contribution in [3.63, 3.8) is 0 Å². The highest BCUT2D eigenvalue weighted by molar-refractivity contribution is 5.89. The van der Waals surface area contributed by atoms with Gasteiger partial charge in [-0.15, -0.1) is 0 Å². The molecule has 4 nitrogen and oxygen atoms in total. The van der Waals surface area contributed by atoms with E-state index in [2.05, 4.69) is 17.4 Å². The van der Waals surface area contributed by atoms with Crippen molar-refractivity contribution in [2.24, 2.45) is 5.92 Å². The number of hydrogen-bond donors (Lipinski definition) is 1. The molecule has 1 heterocycles. The highest BCUT2D eigenvalue weighted by Crippen LogP contribution is 2.20. The summed E-state index contributed by atoms with van der Waals surface area (Å²) in [6.45, 7) is 6.55. The van der Waals surface area contributed by atoms with Crippen LogP contribution in [0.15, 0.2) is 30.3 Å². The minimum Gasteiger partial charge on any atom is -0.353 e. The highest BCUT2D eigenvalue weighted by Gasteiger charge is 2.35. The molecule has 1 aromatic rings. The van der Waals surface area contributed by atoms with Crippen LogP contribution >= 0.6 is 0 Å². The van der Waals surface area contributed by atoms with Crippen molar-refractivity contribution in [1.29, 1.82) is 0 Å². The van der Waals surface area contributed by atoms with Gasteiger partial charge in [0, 0.05) is 25.0 Å². The third kappa shape index (κ3) is 4.33. The number of carbonyl (C=O) groups is 2. The summed E-state index contributed by atoms with van der Waals surface area (Å²) in [5.41, 5.74) is 1.28. The molecular formula is C18H26N2O2. The van der Waals surface area contributed by atoms with E-state index in [0.29, 0.717) is 13.0 Å². The van der Waals surface area contributed by atoms with Gasteiger partial charge in [0.05, 0.1) is 5.92 Å². The average molecular weight is 302 g/mol. The second-order valence-electron chi connectivity index (χ2n) is 6.47. The largest absolute Gasteiger partial charge is 0.353 e. The van der Waals surface area contributed by atoms with E-state index in [4.69, 9.17) is 0 Å². The first-order valence-corrected chi connectivity index (χ1v) is 8.11. The van der Waals surface area contributed by atoms with Crippen molar-refractivity contribution < 1.29 is 9.59 Å². The smallest absolute Gasteiger partial charge is 0.225 e. The average Bonchev–Trinajstić information content (AvgIpc) is 2.88. The van der Waals surface area contributed by atoms with Gasteiger partial charge in [0.1, 0.15) is 0 Å². The Morgan fingerprint density at radius 2 is 1.95 bits per heavy atom. The quantitative estimate of drug-likeness (QED) is 0.877. The number of amides is 2. The number of rotatable bonds is 6. The third-order valence-electron chi connectivity index (χ3n) is 4.25. The molecule has 0 saturated carbocycles. The van der Waals surface area contributed by atoms with Crippen LogP contribution in [0.2, 0.25) is 0 Å². The Labute approximate surface area is 132 Å². The molecule has 1 aliphatic heterocycles. The molecule has 2 unspecified atom stereocenters. The van der Waals surface area contributed by atoms with Crippen molar-refractivity contribution in [3.05, 3.63) is 35.9 Å². The Morgan fingerprint density at radius 1 is 1.27 bits per heavy atom. The van der Waals surface area contributed by atoms with Gasteiger partial charge in [0.2, 0.25) is 11.8 Å². The molecule has 0 aromatic heterocycles. The van der Waals surface area contributed by atoms with E-state index in [9.17, 15) is 9.59 Å². The molecule has 0 aliphatic carbocycles. The minimum absolute atomic E-state index is 0.0112. The minimum atomic E-state index is -0.200. The summed E-state index contributed by atoms with van der Waals surface area (Å²) in [6, 6.07) is 10.6. The van der Waals surface area contributed by atoms with Crippen molar-refractivity contribution >= 4 is 11.8 Å². The molecule has 1 aliphatic rings. The van der Waals surface area contributed by atoms with Gasteiger partial charge in [-0.3, -0.25) is 9.59 Å². The van der Waals surface area contributed by atoms with Crippen molar-refractivity contribution in [1.82, 2.24) is 10.2 Å². The molecule has 1 fully saturated rings. The zero-order valence-electron chi connectivity index (χ0n) is 13.7. The SMILES string of the molecule is CC(CCc1ccccc1)NC(=O)C1CC(=O)N(C(C)C)C1. The van der Waals surface area contributed by atoms with Crippen LogP contribution in [0.1, 0.15) is 39.2 Å². The molecule has 0 bridgehead atoms. The summed E-state index contributed by atoms with van der Waals surface area (Å²) in [7, 11) is 0. The fraction of sp³-hybridized carbons (Fsp3) is 0.556. The van der Waals surface area contributed by atoms with E-state index in [1.54, 1.807) is 4.90 Å². The first-order valence-electron chi connectivity index (χ1n) is 8.11. The normalized spacial score (nSPS) is 19.5. The number of aryl methyl sites for hydroxylation is 1. The van der Waals surface area contributed by atoms with Gasteiger partial charge in [-0.05, 0) is 39.2 Å². The molecule has 4 heteroatoms. The molecule has 2 amide bonds. The van der Waals surface area contributed by atoms with E-state index in [1.807, 2.05) is 39.0 Å². The van der Waals surface area contributed by atoms with Crippen LogP contribution in [0, 0.1) is 5.92 Å². The van der Waals surface area contributed by atoms with Crippen LogP contribution in [0.3, 0.4) is 0 Å². The van der Waals surface area contributed by atoms with Crippen LogP contribution < -0.4 is 5.32 Å². The molecule has 0 radical (unpaired) electrons. The van der Waals surface area contributed by atoms with Crippen LogP contribution in [0.5, 0.6) is 0 Å². The predicted octanol–water partition coefficient (Wildman–Crippen LogP) is 2.38. The summed E-state index contributed by atoms with van der Waals surface area (Å²) in [5.74, 6) is -0.0989. The first-order chi connectivity index (χ1) is 10.5. The van der Waals surface area contributed by atoms with Gasteiger partial charge in [-0.1, -0.05) is 30.3 Å². The summed E-state index contributed by atoms with van der Waals surface area (Å²) in [6.07, 6.45) is 2.20. The molecule has 1 saturated heterocycles. The maximum Gasteiger partial charge on any atom is 0.225 e. The van der Waals surface area contributed by atoms with E-state index in [1.165, 1.54) is 5.56 Å². The molecule has 1 N–H and O–H groups in total. The van der Waals surface area contributed by atoms with E-state index in [-0.39, 0.29) is 29.8 Å². The standard InChI is InChI=1S/C18H26N2O2/c1-13(2)20-12-16(11-17(20)21)18(22)19-14(3)9-10-15-7-5-4-6-8-15/h4-8,13-14,16H,9-12H2,1-3H3,(H,19,22).